The minimum absolute atomic E-state index is 0.00590. The smallest absolute Gasteiger partial charge is 0.327 e. The fraction of sp³-hybridized carbons (Fsp3) is 0.710. The molecule has 1 aromatic rings. The van der Waals surface area contributed by atoms with E-state index >= 15 is 0 Å². The molecule has 38 heavy (non-hydrogen) atoms. The summed E-state index contributed by atoms with van der Waals surface area (Å²) in [7, 11) is 0. The third-order valence-electron chi connectivity index (χ3n) is 9.44. The van der Waals surface area contributed by atoms with Crippen LogP contribution in [0.5, 0.6) is 0 Å². The average molecular weight is 523 g/mol. The van der Waals surface area contributed by atoms with Crippen molar-refractivity contribution in [3.05, 3.63) is 35.9 Å². The second-order valence-corrected chi connectivity index (χ2v) is 13.6. The predicted molar refractivity (Wildman–Crippen MR) is 149 cm³/mol. The van der Waals surface area contributed by atoms with Gasteiger partial charge in [-0.1, -0.05) is 51.1 Å². The second kappa shape index (κ2) is 9.96. The summed E-state index contributed by atoms with van der Waals surface area (Å²) in [4.78, 5) is 48.3. The highest BCUT2D eigenvalue weighted by Gasteiger charge is 2.63. The Hall–Kier alpha value is -2.41. The Bertz CT molecular complexity index is 1050. The molecule has 4 heterocycles. The molecule has 7 nitrogen and oxygen atoms in total. The number of hydrogen-bond donors (Lipinski definition) is 0. The van der Waals surface area contributed by atoms with Gasteiger partial charge in [0.1, 0.15) is 5.54 Å². The van der Waals surface area contributed by atoms with Gasteiger partial charge >= 0.3 is 6.03 Å². The molecule has 1 spiro atoms. The van der Waals surface area contributed by atoms with E-state index in [1.807, 2.05) is 25.7 Å². The van der Waals surface area contributed by atoms with E-state index in [0.29, 0.717) is 36.9 Å². The molecule has 2 bridgehead atoms. The van der Waals surface area contributed by atoms with Crippen LogP contribution in [-0.2, 0) is 9.59 Å². The highest BCUT2D eigenvalue weighted by atomic mass is 16.2. The first-order valence-corrected chi connectivity index (χ1v) is 14.7. The van der Waals surface area contributed by atoms with Gasteiger partial charge < -0.3 is 9.80 Å². The number of benzene rings is 1. The van der Waals surface area contributed by atoms with Crippen LogP contribution < -0.4 is 0 Å². The lowest BCUT2D eigenvalue weighted by Crippen LogP contribution is -2.62. The maximum Gasteiger partial charge on any atom is 0.327 e. The van der Waals surface area contributed by atoms with Gasteiger partial charge in [-0.05, 0) is 63.4 Å². The van der Waals surface area contributed by atoms with Crippen LogP contribution in [-0.4, -0.2) is 87.3 Å². The molecule has 4 amide bonds. The number of amides is 4. The lowest BCUT2D eigenvalue weighted by atomic mass is 9.79. The largest absolute Gasteiger partial charge is 0.342 e. The first-order valence-electron chi connectivity index (χ1n) is 14.7. The van der Waals surface area contributed by atoms with E-state index in [1.54, 1.807) is 0 Å². The van der Waals surface area contributed by atoms with E-state index in [1.165, 1.54) is 10.5 Å². The van der Waals surface area contributed by atoms with Crippen molar-refractivity contribution in [2.24, 2.45) is 11.3 Å². The van der Waals surface area contributed by atoms with Gasteiger partial charge in [0.2, 0.25) is 5.91 Å². The first kappa shape index (κ1) is 27.2. The molecule has 0 aromatic heterocycles. The minimum Gasteiger partial charge on any atom is -0.342 e. The molecule has 0 saturated carbocycles. The number of carbonyl (C=O) groups is 3. The Kier molecular flexibility index (Phi) is 7.12. The van der Waals surface area contributed by atoms with Crippen LogP contribution in [0.1, 0.15) is 85.1 Å². The lowest BCUT2D eigenvalue weighted by Gasteiger charge is -2.48. The molecule has 5 rings (SSSR count). The van der Waals surface area contributed by atoms with Crippen LogP contribution >= 0.6 is 0 Å². The van der Waals surface area contributed by atoms with Gasteiger partial charge in [0.05, 0.1) is 0 Å². The molecular weight excluding hydrogens is 476 g/mol. The van der Waals surface area contributed by atoms with Gasteiger partial charge in [0.15, 0.2) is 0 Å². The Morgan fingerprint density at radius 2 is 1.66 bits per heavy atom. The molecule has 7 heteroatoms. The number of likely N-dealkylation sites (N-methyl/N-ethyl adjacent to an activating group) is 1. The van der Waals surface area contributed by atoms with Crippen LogP contribution in [0.2, 0.25) is 0 Å². The van der Waals surface area contributed by atoms with Crippen LogP contribution in [0.3, 0.4) is 0 Å². The number of carbonyl (C=O) groups excluding carboxylic acids is 3. The van der Waals surface area contributed by atoms with Crippen molar-refractivity contribution in [3.63, 3.8) is 0 Å². The molecule has 4 atom stereocenters. The molecule has 2 unspecified atom stereocenters. The molecule has 0 radical (unpaired) electrons. The Morgan fingerprint density at radius 1 is 1.03 bits per heavy atom. The molecule has 0 aliphatic carbocycles. The van der Waals surface area contributed by atoms with Crippen LogP contribution in [0.15, 0.2) is 30.3 Å². The van der Waals surface area contributed by atoms with Crippen molar-refractivity contribution in [2.45, 2.75) is 103 Å². The van der Waals surface area contributed by atoms with Gasteiger partial charge in [-0.3, -0.25) is 19.4 Å². The van der Waals surface area contributed by atoms with E-state index in [2.05, 4.69) is 60.9 Å². The highest BCUT2D eigenvalue weighted by Crippen LogP contribution is 2.49. The van der Waals surface area contributed by atoms with Gasteiger partial charge in [-0.15, -0.1) is 0 Å². The Labute approximate surface area is 228 Å². The zero-order chi connectivity index (χ0) is 27.4. The van der Waals surface area contributed by atoms with E-state index < -0.39 is 5.54 Å². The summed E-state index contributed by atoms with van der Waals surface area (Å²) in [5.41, 5.74) is 0.579. The molecule has 4 saturated heterocycles. The van der Waals surface area contributed by atoms with Crippen molar-refractivity contribution in [3.8, 4) is 0 Å². The van der Waals surface area contributed by atoms with Crippen molar-refractivity contribution in [2.75, 3.05) is 26.2 Å². The molecule has 4 fully saturated rings. The Balaban J connectivity index is 1.37. The summed E-state index contributed by atoms with van der Waals surface area (Å²) >= 11 is 0. The van der Waals surface area contributed by atoms with Gasteiger partial charge in [0, 0.05) is 56.6 Å². The summed E-state index contributed by atoms with van der Waals surface area (Å²) in [5, 5.41) is 0. The monoisotopic (exact) mass is 522 g/mol. The highest BCUT2D eigenvalue weighted by molar-refractivity contribution is 6.07. The van der Waals surface area contributed by atoms with Crippen LogP contribution in [0.4, 0.5) is 4.79 Å². The number of hydrogen-bond acceptors (Lipinski definition) is 4. The van der Waals surface area contributed by atoms with E-state index in [-0.39, 0.29) is 29.3 Å². The molecule has 208 valence electrons. The molecule has 1 aromatic carbocycles. The third-order valence-corrected chi connectivity index (χ3v) is 9.44. The zero-order valence-electron chi connectivity index (χ0n) is 24.2. The number of rotatable bonds is 6. The summed E-state index contributed by atoms with van der Waals surface area (Å²) in [5.74, 6) is 0.932. The summed E-state index contributed by atoms with van der Waals surface area (Å²) < 4.78 is 0. The number of likely N-dealkylation sites (tertiary alicyclic amines) is 1. The van der Waals surface area contributed by atoms with Gasteiger partial charge in [-0.25, -0.2) is 4.79 Å². The maximum atomic E-state index is 13.7. The number of nitrogens with zero attached hydrogens (tertiary/aromatic N) is 4. The standard InChI is InChI=1S/C31H46N4O3/c1-7-33-28(37)31(35(21(2)3)29(33)38)15-24-13-14-25(16-31)34(24)19-23-18-32(27(36)17-30(4,5)6)20-26(23)22-11-9-8-10-12-22/h8-12,21,23-26H,7,13-20H2,1-6H3/t23-,24?,25?,26-,31?/m1/s1. The van der Waals surface area contributed by atoms with Gasteiger partial charge in [0.25, 0.3) is 5.91 Å². The van der Waals surface area contributed by atoms with Crippen molar-refractivity contribution >= 4 is 17.8 Å². The average Bonchev–Trinajstić information content (AvgIpc) is 3.43. The molecule has 0 N–H and O–H groups in total. The van der Waals surface area contributed by atoms with Crippen LogP contribution in [0.25, 0.3) is 0 Å². The number of piperidine rings is 1. The SMILES string of the molecule is CCN1C(=O)N(C(C)C)C2(CC3CCC(C2)N3C[C@H]2CN(C(=O)CC(C)(C)C)C[C@@H]2c2ccccc2)C1=O. The lowest BCUT2D eigenvalue weighted by molar-refractivity contribution is -0.138. The van der Waals surface area contributed by atoms with E-state index in [0.717, 1.165) is 45.3 Å². The summed E-state index contributed by atoms with van der Waals surface area (Å²) in [6.45, 7) is 15.3. The quantitative estimate of drug-likeness (QED) is 0.507. The first-order chi connectivity index (χ1) is 17.9. The van der Waals surface area contributed by atoms with Crippen molar-refractivity contribution in [1.29, 1.82) is 0 Å². The zero-order valence-corrected chi connectivity index (χ0v) is 24.2. The number of urea groups is 1. The van der Waals surface area contributed by atoms with Crippen molar-refractivity contribution in [1.82, 2.24) is 19.6 Å². The Morgan fingerprint density at radius 3 is 2.21 bits per heavy atom. The number of fused-ring (bicyclic) bond motifs is 2. The minimum atomic E-state index is -0.702. The van der Waals surface area contributed by atoms with Crippen molar-refractivity contribution < 1.29 is 14.4 Å². The summed E-state index contributed by atoms with van der Waals surface area (Å²) in [6.07, 6.45) is 4.15. The predicted octanol–water partition coefficient (Wildman–Crippen LogP) is 4.72. The normalized spacial score (nSPS) is 31.9. The fourth-order valence-electron chi connectivity index (χ4n) is 7.91. The summed E-state index contributed by atoms with van der Waals surface area (Å²) in [6, 6.07) is 11.1. The van der Waals surface area contributed by atoms with E-state index in [9.17, 15) is 14.4 Å². The molecule has 4 aliphatic rings. The maximum absolute atomic E-state index is 13.7. The molecular formula is C31H46N4O3. The van der Waals surface area contributed by atoms with Gasteiger partial charge in [-0.2, -0.15) is 0 Å². The molecule has 4 aliphatic heterocycles. The topological polar surface area (TPSA) is 64.2 Å². The third kappa shape index (κ3) is 4.65. The van der Waals surface area contributed by atoms with E-state index in [4.69, 9.17) is 0 Å². The fourth-order valence-corrected chi connectivity index (χ4v) is 7.91. The second-order valence-electron chi connectivity index (χ2n) is 13.6. The van der Waals surface area contributed by atoms with Crippen LogP contribution in [0, 0.1) is 11.3 Å². The number of imide groups is 1.